The zero-order chi connectivity index (χ0) is 13.2. The summed E-state index contributed by atoms with van der Waals surface area (Å²) >= 11 is 5.32. The summed E-state index contributed by atoms with van der Waals surface area (Å²) in [6.07, 6.45) is 3.63. The van der Waals surface area contributed by atoms with E-state index in [1.165, 1.54) is 18.4 Å². The van der Waals surface area contributed by atoms with E-state index >= 15 is 0 Å². The van der Waals surface area contributed by atoms with Gasteiger partial charge in [-0.05, 0) is 41.3 Å². The van der Waals surface area contributed by atoms with Crippen molar-refractivity contribution < 1.29 is 0 Å². The van der Waals surface area contributed by atoms with Gasteiger partial charge >= 0.3 is 0 Å². The van der Waals surface area contributed by atoms with Gasteiger partial charge in [0.15, 0.2) is 0 Å². The molecule has 0 unspecified atom stereocenters. The third kappa shape index (κ3) is 3.22. The van der Waals surface area contributed by atoms with Crippen molar-refractivity contribution in [1.29, 1.82) is 0 Å². The molecule has 0 aliphatic heterocycles. The number of hydrogen-bond donors (Lipinski definition) is 1. The van der Waals surface area contributed by atoms with Gasteiger partial charge in [0.2, 0.25) is 0 Å². The summed E-state index contributed by atoms with van der Waals surface area (Å²) in [5.41, 5.74) is 2.36. The second kappa shape index (κ2) is 5.69. The Kier molecular flexibility index (Phi) is 3.96. The highest BCUT2D eigenvalue weighted by Gasteiger charge is 2.20. The Morgan fingerprint density at radius 2 is 2.21 bits per heavy atom. The summed E-state index contributed by atoms with van der Waals surface area (Å²) in [5, 5.41) is 14.2. The molecule has 1 heterocycles. The molecule has 0 saturated heterocycles. The van der Waals surface area contributed by atoms with Crippen LogP contribution in [0.25, 0.3) is 10.6 Å². The molecule has 1 aliphatic rings. The van der Waals surface area contributed by atoms with E-state index in [0.29, 0.717) is 0 Å². The Morgan fingerprint density at radius 1 is 1.37 bits per heavy atom. The Morgan fingerprint density at radius 3 is 3.00 bits per heavy atom. The van der Waals surface area contributed by atoms with Gasteiger partial charge in [-0.3, -0.25) is 0 Å². The van der Waals surface area contributed by atoms with E-state index in [0.717, 1.165) is 39.1 Å². The predicted octanol–water partition coefficient (Wildman–Crippen LogP) is 3.57. The van der Waals surface area contributed by atoms with Crippen molar-refractivity contribution in [3.8, 4) is 10.6 Å². The number of halogens is 1. The fourth-order valence-electron chi connectivity index (χ4n) is 1.95. The smallest absolute Gasteiger partial charge is 0.148 e. The quantitative estimate of drug-likeness (QED) is 0.906. The van der Waals surface area contributed by atoms with Crippen molar-refractivity contribution >= 4 is 27.3 Å². The minimum Gasteiger partial charge on any atom is -0.314 e. The van der Waals surface area contributed by atoms with Crippen LogP contribution in [0.1, 0.15) is 23.4 Å². The van der Waals surface area contributed by atoms with Crippen LogP contribution in [0.15, 0.2) is 22.7 Å². The molecule has 1 saturated carbocycles. The first-order chi connectivity index (χ1) is 9.24. The van der Waals surface area contributed by atoms with Crippen molar-refractivity contribution in [2.45, 2.75) is 32.2 Å². The summed E-state index contributed by atoms with van der Waals surface area (Å²) in [6, 6.07) is 7.00. The summed E-state index contributed by atoms with van der Waals surface area (Å²) < 4.78 is 1.12. The van der Waals surface area contributed by atoms with E-state index in [2.05, 4.69) is 56.6 Å². The molecule has 1 aromatic heterocycles. The molecule has 1 N–H and O–H groups in total. The maximum absolute atomic E-state index is 4.31. The molecule has 1 aliphatic carbocycles. The average molecular weight is 338 g/mol. The topological polar surface area (TPSA) is 37.8 Å². The normalized spacial score (nSPS) is 14.8. The number of nitrogens with zero attached hydrogens (tertiary/aromatic N) is 2. The maximum Gasteiger partial charge on any atom is 0.148 e. The van der Waals surface area contributed by atoms with Gasteiger partial charge in [0.05, 0.1) is 0 Å². The monoisotopic (exact) mass is 337 g/mol. The average Bonchev–Trinajstić information content (AvgIpc) is 3.10. The van der Waals surface area contributed by atoms with Crippen LogP contribution in [0.5, 0.6) is 0 Å². The Bertz CT molecular complexity index is 578. The molecule has 0 atom stereocenters. The number of aromatic nitrogens is 2. The summed E-state index contributed by atoms with van der Waals surface area (Å²) in [4.78, 5) is 0. The zero-order valence-electron chi connectivity index (χ0n) is 10.8. The van der Waals surface area contributed by atoms with Gasteiger partial charge < -0.3 is 5.32 Å². The number of hydrogen-bond acceptors (Lipinski definition) is 4. The van der Waals surface area contributed by atoms with Crippen LogP contribution in [0, 0.1) is 6.92 Å². The molecule has 0 radical (unpaired) electrons. The lowest BCUT2D eigenvalue weighted by Gasteiger charge is -2.02. The zero-order valence-corrected chi connectivity index (χ0v) is 13.2. The van der Waals surface area contributed by atoms with Gasteiger partial charge in [-0.1, -0.05) is 29.5 Å². The molecular formula is C14H16BrN3S. The number of benzene rings is 1. The van der Waals surface area contributed by atoms with E-state index in [-0.39, 0.29) is 0 Å². The lowest BCUT2D eigenvalue weighted by Crippen LogP contribution is -2.19. The molecule has 100 valence electrons. The molecule has 2 aromatic rings. The summed E-state index contributed by atoms with van der Waals surface area (Å²) in [7, 11) is 0. The van der Waals surface area contributed by atoms with Crippen LogP contribution < -0.4 is 5.32 Å². The minimum atomic E-state index is 0.762. The molecule has 0 spiro atoms. The number of rotatable bonds is 5. The van der Waals surface area contributed by atoms with Crippen LogP contribution in [0.4, 0.5) is 0 Å². The minimum absolute atomic E-state index is 0.762. The van der Waals surface area contributed by atoms with Gasteiger partial charge in [-0.2, -0.15) is 0 Å². The molecule has 1 fully saturated rings. The van der Waals surface area contributed by atoms with E-state index in [1.807, 2.05) is 0 Å². The van der Waals surface area contributed by atoms with Crippen molar-refractivity contribution in [1.82, 2.24) is 15.5 Å². The van der Waals surface area contributed by atoms with Gasteiger partial charge in [-0.25, -0.2) is 0 Å². The van der Waals surface area contributed by atoms with Crippen molar-refractivity contribution in [3.05, 3.63) is 33.2 Å². The molecule has 0 amide bonds. The fraction of sp³-hybridized carbons (Fsp3) is 0.429. The van der Waals surface area contributed by atoms with Gasteiger partial charge in [-0.15, -0.1) is 10.2 Å². The number of nitrogens with one attached hydrogen (secondary N) is 1. The summed E-state index contributed by atoms with van der Waals surface area (Å²) in [5.74, 6) is 0. The summed E-state index contributed by atoms with van der Waals surface area (Å²) in [6.45, 7) is 3.10. The standard InChI is InChI=1S/C14H16BrN3S/c1-9-3-2-4-11(13(9)15)14-18-17-12(19-14)7-8-16-10-5-6-10/h2-4,10,16H,5-8H2,1H3. The fourth-order valence-corrected chi connectivity index (χ4v) is 3.40. The Balaban J connectivity index is 1.70. The van der Waals surface area contributed by atoms with Crippen LogP contribution in [0.2, 0.25) is 0 Å². The van der Waals surface area contributed by atoms with Crippen molar-refractivity contribution in [2.75, 3.05) is 6.54 Å². The Labute approximate surface area is 125 Å². The first-order valence-corrected chi connectivity index (χ1v) is 8.16. The largest absolute Gasteiger partial charge is 0.314 e. The first-order valence-electron chi connectivity index (χ1n) is 6.55. The van der Waals surface area contributed by atoms with E-state index in [1.54, 1.807) is 11.3 Å². The third-order valence-corrected chi connectivity index (χ3v) is 5.31. The van der Waals surface area contributed by atoms with Gasteiger partial charge in [0.25, 0.3) is 0 Å². The molecule has 1 aromatic carbocycles. The molecule has 3 nitrogen and oxygen atoms in total. The second-order valence-corrected chi connectivity index (χ2v) is 6.77. The molecule has 3 rings (SSSR count). The van der Waals surface area contributed by atoms with Crippen LogP contribution >= 0.6 is 27.3 Å². The van der Waals surface area contributed by atoms with E-state index in [4.69, 9.17) is 0 Å². The third-order valence-electron chi connectivity index (χ3n) is 3.24. The number of aryl methyl sites for hydroxylation is 1. The highest BCUT2D eigenvalue weighted by molar-refractivity contribution is 9.10. The predicted molar refractivity (Wildman–Crippen MR) is 82.5 cm³/mol. The second-order valence-electron chi connectivity index (χ2n) is 4.92. The Hall–Kier alpha value is -0.780. The van der Waals surface area contributed by atoms with Crippen LogP contribution in [-0.4, -0.2) is 22.8 Å². The molecule has 0 bridgehead atoms. The molecule has 5 heteroatoms. The lowest BCUT2D eigenvalue weighted by atomic mass is 10.1. The lowest BCUT2D eigenvalue weighted by molar-refractivity contribution is 0.677. The molecular weight excluding hydrogens is 322 g/mol. The van der Waals surface area contributed by atoms with Crippen molar-refractivity contribution in [2.24, 2.45) is 0 Å². The maximum atomic E-state index is 4.31. The highest BCUT2D eigenvalue weighted by atomic mass is 79.9. The van der Waals surface area contributed by atoms with Crippen molar-refractivity contribution in [3.63, 3.8) is 0 Å². The van der Waals surface area contributed by atoms with Gasteiger partial charge in [0.1, 0.15) is 10.0 Å². The van der Waals surface area contributed by atoms with E-state index in [9.17, 15) is 0 Å². The SMILES string of the molecule is Cc1cccc(-c2nnc(CCNC3CC3)s2)c1Br. The van der Waals surface area contributed by atoms with Gasteiger partial charge in [0, 0.05) is 29.0 Å². The molecule has 19 heavy (non-hydrogen) atoms. The highest BCUT2D eigenvalue weighted by Crippen LogP contribution is 2.32. The van der Waals surface area contributed by atoms with Crippen LogP contribution in [0.3, 0.4) is 0 Å². The van der Waals surface area contributed by atoms with Crippen LogP contribution in [-0.2, 0) is 6.42 Å². The van der Waals surface area contributed by atoms with E-state index < -0.39 is 0 Å². The first kappa shape index (κ1) is 13.2.